The first-order valence-electron chi connectivity index (χ1n) is 6.81. The number of hydrogen-bond acceptors (Lipinski definition) is 3. The molecule has 0 aliphatic carbocycles. The third-order valence-corrected chi connectivity index (χ3v) is 4.05. The molecule has 1 aromatic carbocycles. The second-order valence-corrected chi connectivity index (χ2v) is 5.67. The number of anilines is 1. The van der Waals surface area contributed by atoms with Gasteiger partial charge in [-0.3, -0.25) is 0 Å². The summed E-state index contributed by atoms with van der Waals surface area (Å²) in [6, 6.07) is 3.33. The summed E-state index contributed by atoms with van der Waals surface area (Å²) in [5.74, 6) is -0.213. The van der Waals surface area contributed by atoms with Crippen molar-refractivity contribution < 1.29 is 8.78 Å². The molecule has 21 heavy (non-hydrogen) atoms. The van der Waals surface area contributed by atoms with Gasteiger partial charge in [0.1, 0.15) is 17.5 Å². The molecule has 0 bridgehead atoms. The molecular formula is C15H16F2IN3. The van der Waals surface area contributed by atoms with E-state index in [-0.39, 0.29) is 0 Å². The van der Waals surface area contributed by atoms with Crippen LogP contribution < -0.4 is 5.32 Å². The van der Waals surface area contributed by atoms with Gasteiger partial charge in [-0.15, -0.1) is 0 Å². The third-order valence-electron chi connectivity index (χ3n) is 2.92. The standard InChI is InChI=1S/C15H16F2IN3/c1-3-5-19-15-13(18)12(4-2)20-14(21-15)9-6-10(16)8-11(17)7-9/h6-8H,3-5H2,1-2H3,(H,19,20,21). The van der Waals surface area contributed by atoms with E-state index in [0.717, 1.165) is 34.7 Å². The largest absolute Gasteiger partial charge is 0.369 e. The number of halogens is 3. The van der Waals surface area contributed by atoms with Crippen LogP contribution in [0.15, 0.2) is 18.2 Å². The van der Waals surface area contributed by atoms with Crippen LogP contribution in [0.3, 0.4) is 0 Å². The van der Waals surface area contributed by atoms with Gasteiger partial charge in [-0.05, 0) is 47.6 Å². The number of hydrogen-bond donors (Lipinski definition) is 1. The van der Waals surface area contributed by atoms with Gasteiger partial charge < -0.3 is 5.32 Å². The van der Waals surface area contributed by atoms with Crippen LogP contribution in [0.1, 0.15) is 26.0 Å². The first kappa shape index (κ1) is 16.1. The van der Waals surface area contributed by atoms with Crippen molar-refractivity contribution in [2.75, 3.05) is 11.9 Å². The van der Waals surface area contributed by atoms with E-state index in [1.54, 1.807) is 0 Å². The molecule has 2 aromatic rings. The minimum Gasteiger partial charge on any atom is -0.369 e. The van der Waals surface area contributed by atoms with Gasteiger partial charge in [-0.2, -0.15) is 0 Å². The van der Waals surface area contributed by atoms with Crippen molar-refractivity contribution in [3.05, 3.63) is 39.1 Å². The number of benzene rings is 1. The predicted molar refractivity (Wildman–Crippen MR) is 88.3 cm³/mol. The summed E-state index contributed by atoms with van der Waals surface area (Å²) in [7, 11) is 0. The number of aryl methyl sites for hydroxylation is 1. The summed E-state index contributed by atoms with van der Waals surface area (Å²) in [5.41, 5.74) is 1.21. The molecule has 0 amide bonds. The highest BCUT2D eigenvalue weighted by Crippen LogP contribution is 2.25. The topological polar surface area (TPSA) is 37.8 Å². The average Bonchev–Trinajstić information content (AvgIpc) is 2.45. The van der Waals surface area contributed by atoms with E-state index >= 15 is 0 Å². The molecule has 0 atom stereocenters. The summed E-state index contributed by atoms with van der Waals surface area (Å²) in [4.78, 5) is 8.83. The fraction of sp³-hybridized carbons (Fsp3) is 0.333. The van der Waals surface area contributed by atoms with E-state index in [0.29, 0.717) is 17.2 Å². The zero-order valence-electron chi connectivity index (χ0n) is 11.9. The quantitative estimate of drug-likeness (QED) is 0.752. The van der Waals surface area contributed by atoms with Gasteiger partial charge in [-0.1, -0.05) is 13.8 Å². The van der Waals surface area contributed by atoms with Gasteiger partial charge in [0.05, 0.1) is 9.26 Å². The zero-order chi connectivity index (χ0) is 15.4. The molecule has 0 spiro atoms. The van der Waals surface area contributed by atoms with Gasteiger partial charge in [0.15, 0.2) is 5.82 Å². The second-order valence-electron chi connectivity index (χ2n) is 4.59. The smallest absolute Gasteiger partial charge is 0.162 e. The Morgan fingerprint density at radius 2 is 1.76 bits per heavy atom. The Hall–Kier alpha value is -1.31. The molecule has 112 valence electrons. The van der Waals surface area contributed by atoms with Crippen LogP contribution in [0.25, 0.3) is 11.4 Å². The van der Waals surface area contributed by atoms with Gasteiger partial charge in [0, 0.05) is 18.2 Å². The highest BCUT2D eigenvalue weighted by Gasteiger charge is 2.13. The van der Waals surface area contributed by atoms with Crippen molar-refractivity contribution in [3.63, 3.8) is 0 Å². The van der Waals surface area contributed by atoms with E-state index in [9.17, 15) is 8.78 Å². The maximum absolute atomic E-state index is 13.4. The van der Waals surface area contributed by atoms with Crippen LogP contribution >= 0.6 is 22.6 Å². The first-order chi connectivity index (χ1) is 10.0. The molecule has 0 aliphatic rings. The van der Waals surface area contributed by atoms with E-state index < -0.39 is 11.6 Å². The Kier molecular flexibility index (Phi) is 5.44. The van der Waals surface area contributed by atoms with Crippen molar-refractivity contribution in [2.45, 2.75) is 26.7 Å². The number of nitrogens with one attached hydrogen (secondary N) is 1. The van der Waals surface area contributed by atoms with Gasteiger partial charge >= 0.3 is 0 Å². The number of nitrogens with zero attached hydrogens (tertiary/aromatic N) is 2. The van der Waals surface area contributed by atoms with E-state index in [2.05, 4.69) is 44.8 Å². The lowest BCUT2D eigenvalue weighted by atomic mass is 10.2. The molecule has 1 aromatic heterocycles. The van der Waals surface area contributed by atoms with Crippen molar-refractivity contribution in [1.82, 2.24) is 9.97 Å². The minimum absolute atomic E-state index is 0.337. The molecule has 0 saturated heterocycles. The molecule has 0 saturated carbocycles. The Morgan fingerprint density at radius 1 is 1.10 bits per heavy atom. The highest BCUT2D eigenvalue weighted by atomic mass is 127. The Morgan fingerprint density at radius 3 is 2.33 bits per heavy atom. The lowest BCUT2D eigenvalue weighted by molar-refractivity contribution is 0.584. The van der Waals surface area contributed by atoms with E-state index in [1.807, 2.05) is 6.92 Å². The van der Waals surface area contributed by atoms with E-state index in [4.69, 9.17) is 0 Å². The van der Waals surface area contributed by atoms with Crippen molar-refractivity contribution in [1.29, 1.82) is 0 Å². The Balaban J connectivity index is 2.52. The van der Waals surface area contributed by atoms with Crippen LogP contribution in [0, 0.1) is 15.2 Å². The fourth-order valence-electron chi connectivity index (χ4n) is 1.90. The molecule has 6 heteroatoms. The lowest BCUT2D eigenvalue weighted by Crippen LogP contribution is -2.09. The lowest BCUT2D eigenvalue weighted by Gasteiger charge is -2.12. The van der Waals surface area contributed by atoms with Crippen LogP contribution in [0.4, 0.5) is 14.6 Å². The molecule has 3 nitrogen and oxygen atoms in total. The third kappa shape index (κ3) is 3.87. The Bertz CT molecular complexity index is 627. The molecule has 1 N–H and O–H groups in total. The van der Waals surface area contributed by atoms with Crippen molar-refractivity contribution in [3.8, 4) is 11.4 Å². The predicted octanol–water partition coefficient (Wildman–Crippen LogP) is 4.41. The molecule has 1 heterocycles. The molecule has 0 fully saturated rings. The average molecular weight is 403 g/mol. The SMILES string of the molecule is CCCNc1nc(-c2cc(F)cc(F)c2)nc(CC)c1I. The fourth-order valence-corrected chi connectivity index (χ4v) is 2.71. The van der Waals surface area contributed by atoms with Crippen LogP contribution in [0.5, 0.6) is 0 Å². The first-order valence-corrected chi connectivity index (χ1v) is 7.89. The normalized spacial score (nSPS) is 10.7. The zero-order valence-corrected chi connectivity index (χ0v) is 14.0. The van der Waals surface area contributed by atoms with Crippen LogP contribution in [-0.2, 0) is 6.42 Å². The minimum atomic E-state index is -0.631. The van der Waals surface area contributed by atoms with Crippen molar-refractivity contribution >= 4 is 28.4 Å². The van der Waals surface area contributed by atoms with Gasteiger partial charge in [-0.25, -0.2) is 18.7 Å². The highest BCUT2D eigenvalue weighted by molar-refractivity contribution is 14.1. The maximum Gasteiger partial charge on any atom is 0.162 e. The van der Waals surface area contributed by atoms with Crippen LogP contribution in [-0.4, -0.2) is 16.5 Å². The summed E-state index contributed by atoms with van der Waals surface area (Å²) in [6.45, 7) is 4.84. The maximum atomic E-state index is 13.4. The summed E-state index contributed by atoms with van der Waals surface area (Å²) in [6.07, 6.45) is 1.69. The Labute approximate surface area is 136 Å². The molecule has 0 unspecified atom stereocenters. The molecular weight excluding hydrogens is 387 g/mol. The van der Waals surface area contributed by atoms with Crippen LogP contribution in [0.2, 0.25) is 0 Å². The van der Waals surface area contributed by atoms with Crippen molar-refractivity contribution in [2.24, 2.45) is 0 Å². The molecule has 2 rings (SSSR count). The monoisotopic (exact) mass is 403 g/mol. The summed E-state index contributed by atoms with van der Waals surface area (Å²) >= 11 is 2.19. The number of aromatic nitrogens is 2. The molecule has 0 radical (unpaired) electrons. The molecule has 0 aliphatic heterocycles. The van der Waals surface area contributed by atoms with Gasteiger partial charge in [0.2, 0.25) is 0 Å². The second kappa shape index (κ2) is 7.11. The number of rotatable bonds is 5. The van der Waals surface area contributed by atoms with E-state index in [1.165, 1.54) is 12.1 Å². The summed E-state index contributed by atoms with van der Waals surface area (Å²) < 4.78 is 27.7. The van der Waals surface area contributed by atoms with Gasteiger partial charge in [0.25, 0.3) is 0 Å². The summed E-state index contributed by atoms with van der Waals surface area (Å²) in [5, 5.41) is 3.23.